The van der Waals surface area contributed by atoms with Gasteiger partial charge < -0.3 is 104 Å². The highest BCUT2D eigenvalue weighted by molar-refractivity contribution is 5.87. The Bertz CT molecular complexity index is 2290. The summed E-state index contributed by atoms with van der Waals surface area (Å²) in [5, 5.41) is 143. The van der Waals surface area contributed by atoms with Crippen LogP contribution >= 0.6 is 0 Å². The highest BCUT2D eigenvalue weighted by Gasteiger charge is 2.74. The average molecular weight is 1130 g/mol. The first-order valence-corrected chi connectivity index (χ1v) is 27.7. The molecule has 0 spiro atoms. The molecule has 5 aliphatic carbocycles. The van der Waals surface area contributed by atoms with Gasteiger partial charge in [0.05, 0.1) is 44.1 Å². The van der Waals surface area contributed by atoms with Crippen LogP contribution in [-0.2, 0) is 52.3 Å². The lowest BCUT2D eigenvalue weighted by atomic mass is 9.33. The smallest absolute Gasteiger partial charge is 0.335 e. The molecule has 450 valence electrons. The highest BCUT2D eigenvalue weighted by Crippen LogP contribution is 2.76. The lowest BCUT2D eigenvalue weighted by Crippen LogP contribution is -2.72. The van der Waals surface area contributed by atoms with Crippen molar-refractivity contribution in [3.05, 3.63) is 23.3 Å². The summed E-state index contributed by atoms with van der Waals surface area (Å²) < 4.78 is 48.2. The van der Waals surface area contributed by atoms with Crippen LogP contribution in [0, 0.1) is 50.2 Å². The highest BCUT2D eigenvalue weighted by atomic mass is 16.8. The van der Waals surface area contributed by atoms with Crippen LogP contribution in [0.15, 0.2) is 23.3 Å². The molecule has 3 saturated heterocycles. The standard InChI is InChI=1S/C55H86O24/c1-10-23(2)46(71)79-43-44(72-24(3)60)55(22-59)26(17-50(43,4)5)25-11-12-30-51(6)15-14-32(52(7,21-58)29(51)13-16-53(30,8)54(25,9)18-31(55)61)75-49-41(77-48-38(67)36(65)34(63)28(20-57)74-48)39(68)40(42(78-49)45(69)70)76-47-37(66)35(64)33(62)27(19-56)73-47/h10-11,26-44,47-49,56-59,61-68H,12-22H2,1-9H3,(H,69,70)/b23-10+/t26-,27+,28+,29+,30+,31+,32-,33+,34-,35-,36-,37+,38+,39-,40-,41+,42-,43-,44-,47-,48-,49+,51-,52+,53+,54+,55-/m0/s1. The lowest BCUT2D eigenvalue weighted by molar-refractivity contribution is -0.392. The number of aliphatic carboxylic acids is 1. The van der Waals surface area contributed by atoms with Gasteiger partial charge in [0.1, 0.15) is 79.4 Å². The van der Waals surface area contributed by atoms with Gasteiger partial charge in [-0.15, -0.1) is 0 Å². The first-order chi connectivity index (χ1) is 36.9. The Morgan fingerprint density at radius 3 is 1.76 bits per heavy atom. The summed E-state index contributed by atoms with van der Waals surface area (Å²) in [5.74, 6) is -3.88. The van der Waals surface area contributed by atoms with Crippen molar-refractivity contribution >= 4 is 17.9 Å². The van der Waals surface area contributed by atoms with E-state index in [9.17, 15) is 80.8 Å². The zero-order valence-corrected chi connectivity index (χ0v) is 46.4. The molecule has 0 unspecified atom stereocenters. The van der Waals surface area contributed by atoms with Crippen LogP contribution in [0.1, 0.15) is 107 Å². The van der Waals surface area contributed by atoms with Crippen LogP contribution in [0.4, 0.5) is 0 Å². The molecular weight excluding hydrogens is 1040 g/mol. The van der Waals surface area contributed by atoms with Crippen LogP contribution in [0.3, 0.4) is 0 Å². The number of carbonyl (C=O) groups excluding carboxylic acids is 2. The Morgan fingerprint density at radius 1 is 0.658 bits per heavy atom. The summed E-state index contributed by atoms with van der Waals surface area (Å²) in [6.07, 6.45) is -26.5. The van der Waals surface area contributed by atoms with Crippen LogP contribution in [0.2, 0.25) is 0 Å². The number of allylic oxidation sites excluding steroid dienone is 3. The van der Waals surface area contributed by atoms with E-state index in [1.807, 2.05) is 20.8 Å². The normalized spacial score (nSPS) is 50.6. The summed E-state index contributed by atoms with van der Waals surface area (Å²) in [6, 6.07) is 0. The molecule has 27 atom stereocenters. The molecule has 0 amide bonds. The number of ether oxygens (including phenoxy) is 8. The fourth-order valence-electron chi connectivity index (χ4n) is 16.2. The molecule has 7 fully saturated rings. The number of esters is 2. The van der Waals surface area contributed by atoms with Crippen molar-refractivity contribution < 1.29 is 119 Å². The maximum Gasteiger partial charge on any atom is 0.335 e. The molecule has 3 aliphatic heterocycles. The second-order valence-corrected chi connectivity index (χ2v) is 25.5. The van der Waals surface area contributed by atoms with E-state index in [0.29, 0.717) is 37.7 Å². The van der Waals surface area contributed by atoms with Crippen molar-refractivity contribution in [1.82, 2.24) is 0 Å². The first-order valence-electron chi connectivity index (χ1n) is 27.7. The van der Waals surface area contributed by atoms with Crippen molar-refractivity contribution in [2.75, 3.05) is 26.4 Å². The Balaban J connectivity index is 1.12. The van der Waals surface area contributed by atoms with Gasteiger partial charge in [0.2, 0.25) is 0 Å². The lowest BCUT2D eigenvalue weighted by Gasteiger charge is -2.72. The number of carboxylic acid groups (broad SMARTS) is 1. The zero-order chi connectivity index (χ0) is 58.4. The Hall–Kier alpha value is -2.83. The number of carbonyl (C=O) groups is 3. The van der Waals surface area contributed by atoms with Crippen molar-refractivity contribution in [2.24, 2.45) is 50.2 Å². The number of rotatable bonds is 14. The number of fused-ring (bicyclic) bond motifs is 7. The number of hydrogen-bond donors (Lipinski definition) is 13. The molecule has 0 aromatic heterocycles. The average Bonchev–Trinajstić information content (AvgIpc) is 3.29. The van der Waals surface area contributed by atoms with Crippen molar-refractivity contribution in [1.29, 1.82) is 0 Å². The second kappa shape index (κ2) is 22.6. The van der Waals surface area contributed by atoms with Gasteiger partial charge in [-0.2, -0.15) is 0 Å². The van der Waals surface area contributed by atoms with Crippen LogP contribution in [0.5, 0.6) is 0 Å². The van der Waals surface area contributed by atoms with Gasteiger partial charge in [-0.05, 0) is 92.8 Å². The van der Waals surface area contributed by atoms with Gasteiger partial charge in [0.25, 0.3) is 0 Å². The molecule has 0 bridgehead atoms. The van der Waals surface area contributed by atoms with Gasteiger partial charge in [-0.3, -0.25) is 4.79 Å². The third kappa shape index (κ3) is 9.94. The third-order valence-corrected chi connectivity index (χ3v) is 21.1. The van der Waals surface area contributed by atoms with Crippen LogP contribution < -0.4 is 0 Å². The zero-order valence-electron chi connectivity index (χ0n) is 46.4. The summed E-state index contributed by atoms with van der Waals surface area (Å²) in [5.41, 5.74) is -3.78. The summed E-state index contributed by atoms with van der Waals surface area (Å²) in [7, 11) is 0. The maximum atomic E-state index is 13.4. The van der Waals surface area contributed by atoms with E-state index in [1.54, 1.807) is 19.9 Å². The predicted molar refractivity (Wildman–Crippen MR) is 269 cm³/mol. The molecule has 8 rings (SSSR count). The predicted octanol–water partition coefficient (Wildman–Crippen LogP) is -1.32. The van der Waals surface area contributed by atoms with E-state index < -0.39 is 199 Å². The number of carboxylic acids is 1. The molecular formula is C55H86O24. The summed E-state index contributed by atoms with van der Waals surface area (Å²) >= 11 is 0. The number of hydrogen-bond acceptors (Lipinski definition) is 23. The minimum Gasteiger partial charge on any atom is -0.479 e. The molecule has 8 aliphatic rings. The fourth-order valence-corrected chi connectivity index (χ4v) is 16.2. The third-order valence-electron chi connectivity index (χ3n) is 21.1. The van der Waals surface area contributed by atoms with Gasteiger partial charge in [-0.25, -0.2) is 9.59 Å². The SMILES string of the molecule is C/C=C(\C)C(=O)O[C@H]1[C@H](OC(C)=O)[C@]2(CO)[C@H](O)C[C@]3(C)C(=CC[C@@H]4[C@@]5(C)CC[C@H](O[C@@H]6O[C@H](C(=O)O)[C@@H](O[C@@H]7O[C@H](CO)[C@@H](O)[C@H](O)[C@H]7O)[C@H](O)[C@H]6O[C@@H]6O[C@H](CO)[C@H](O)[C@H](O)[C@H]6O)[C@](C)(CO)[C@@H]5CC[C@]43C)[C@@H]2CC1(C)C. The van der Waals surface area contributed by atoms with Gasteiger partial charge in [0, 0.05) is 23.3 Å². The molecule has 79 heavy (non-hydrogen) atoms. The van der Waals surface area contributed by atoms with E-state index in [2.05, 4.69) is 26.8 Å². The minimum atomic E-state index is -2.18. The molecule has 4 saturated carbocycles. The van der Waals surface area contributed by atoms with E-state index in [4.69, 9.17) is 37.9 Å². The molecule has 0 aromatic carbocycles. The maximum absolute atomic E-state index is 13.4. The van der Waals surface area contributed by atoms with Crippen LogP contribution in [0.25, 0.3) is 0 Å². The fraction of sp³-hybridized carbons (Fsp3) is 0.873. The quantitative estimate of drug-likeness (QED) is 0.0415. The van der Waals surface area contributed by atoms with Crippen molar-refractivity contribution in [3.63, 3.8) is 0 Å². The van der Waals surface area contributed by atoms with E-state index in [-0.39, 0.29) is 24.7 Å². The largest absolute Gasteiger partial charge is 0.479 e. The van der Waals surface area contributed by atoms with Crippen LogP contribution in [-0.4, -0.2) is 227 Å². The van der Waals surface area contributed by atoms with E-state index in [0.717, 1.165) is 5.57 Å². The molecule has 0 aromatic rings. The number of aliphatic hydroxyl groups excluding tert-OH is 12. The Kier molecular flexibility index (Phi) is 17.8. The molecule has 24 heteroatoms. The molecule has 3 heterocycles. The van der Waals surface area contributed by atoms with Gasteiger partial charge >= 0.3 is 17.9 Å². The van der Waals surface area contributed by atoms with E-state index in [1.165, 1.54) is 6.92 Å². The summed E-state index contributed by atoms with van der Waals surface area (Å²) in [6.45, 7) is 14.1. The van der Waals surface area contributed by atoms with Gasteiger partial charge in [-0.1, -0.05) is 59.3 Å². The Morgan fingerprint density at radius 2 is 1.24 bits per heavy atom. The van der Waals surface area contributed by atoms with Crippen molar-refractivity contribution in [2.45, 2.75) is 224 Å². The molecule has 24 nitrogen and oxygen atoms in total. The van der Waals surface area contributed by atoms with Crippen molar-refractivity contribution in [3.8, 4) is 0 Å². The molecule has 0 radical (unpaired) electrons. The Labute approximate surface area is 459 Å². The van der Waals surface area contributed by atoms with E-state index >= 15 is 0 Å². The topological polar surface area (TPSA) is 388 Å². The first kappa shape index (κ1) is 62.2. The summed E-state index contributed by atoms with van der Waals surface area (Å²) in [4.78, 5) is 39.5. The number of aliphatic hydroxyl groups is 12. The molecule has 13 N–H and O–H groups in total. The van der Waals surface area contributed by atoms with Gasteiger partial charge in [0.15, 0.2) is 25.0 Å². The second-order valence-electron chi connectivity index (χ2n) is 25.5. The minimum absolute atomic E-state index is 0.0849. The monoisotopic (exact) mass is 1130 g/mol.